The molecule has 1 saturated heterocycles. The quantitative estimate of drug-likeness (QED) is 0.860. The molecule has 122 valence electrons. The number of piperazine rings is 1. The van der Waals surface area contributed by atoms with Gasteiger partial charge in [0, 0.05) is 38.8 Å². The minimum absolute atomic E-state index is 0.0744. The number of hydrogen-bond acceptors (Lipinski definition) is 4. The number of rotatable bonds is 1. The fourth-order valence-electron chi connectivity index (χ4n) is 3.43. The van der Waals surface area contributed by atoms with Crippen LogP contribution in [0.15, 0.2) is 12.1 Å². The van der Waals surface area contributed by atoms with Gasteiger partial charge in [-0.25, -0.2) is 9.37 Å². The second kappa shape index (κ2) is 5.19. The molecule has 2 aromatic rings. The lowest BCUT2D eigenvalue weighted by Crippen LogP contribution is -2.45. The number of nitrogens with zero attached hydrogens (tertiary/aromatic N) is 4. The number of benzene rings is 1. The van der Waals surface area contributed by atoms with Crippen LogP contribution in [0, 0.1) is 5.82 Å². The van der Waals surface area contributed by atoms with E-state index in [0.29, 0.717) is 17.6 Å². The summed E-state index contributed by atoms with van der Waals surface area (Å²) in [6.07, 6.45) is 0. The van der Waals surface area contributed by atoms with Crippen molar-refractivity contribution in [2.24, 2.45) is 0 Å². The zero-order chi connectivity index (χ0) is 16.1. The van der Waals surface area contributed by atoms with E-state index in [-0.39, 0.29) is 11.9 Å². The SMILES string of the molecule is C[C@@H]1CNC(=O)c2cc(F)cc3nc(N4CCN(C)CC4)n1c23. The number of halogens is 1. The Morgan fingerprint density at radius 2 is 2.00 bits per heavy atom. The Balaban J connectivity index is 1.92. The molecule has 0 saturated carbocycles. The van der Waals surface area contributed by atoms with Gasteiger partial charge in [0.05, 0.1) is 22.6 Å². The number of likely N-dealkylation sites (N-methyl/N-ethyl adjacent to an activating group) is 1. The molecule has 2 aliphatic rings. The molecule has 7 heteroatoms. The van der Waals surface area contributed by atoms with Gasteiger partial charge in [0.25, 0.3) is 5.91 Å². The molecule has 0 bridgehead atoms. The maximum atomic E-state index is 13.9. The van der Waals surface area contributed by atoms with E-state index in [2.05, 4.69) is 38.6 Å². The van der Waals surface area contributed by atoms with Crippen LogP contribution in [0.25, 0.3) is 11.0 Å². The van der Waals surface area contributed by atoms with E-state index < -0.39 is 5.82 Å². The number of hydrogen-bond donors (Lipinski definition) is 1. The number of nitrogens with one attached hydrogen (secondary N) is 1. The molecular formula is C16H20FN5O. The van der Waals surface area contributed by atoms with Gasteiger partial charge in [-0.2, -0.15) is 0 Å². The van der Waals surface area contributed by atoms with E-state index in [1.807, 2.05) is 0 Å². The van der Waals surface area contributed by atoms with Crippen LogP contribution in [0.5, 0.6) is 0 Å². The first-order chi connectivity index (χ1) is 11.0. The second-order valence-corrected chi connectivity index (χ2v) is 6.45. The molecule has 4 rings (SSSR count). The zero-order valence-electron chi connectivity index (χ0n) is 13.3. The molecule has 2 aliphatic heterocycles. The highest BCUT2D eigenvalue weighted by atomic mass is 19.1. The fraction of sp³-hybridized carbons (Fsp3) is 0.500. The Bertz CT molecular complexity index is 778. The molecule has 0 unspecified atom stereocenters. The van der Waals surface area contributed by atoms with Crippen molar-refractivity contribution in [2.45, 2.75) is 13.0 Å². The van der Waals surface area contributed by atoms with E-state index in [1.54, 1.807) is 0 Å². The Labute approximate surface area is 133 Å². The average Bonchev–Trinajstić information content (AvgIpc) is 2.85. The largest absolute Gasteiger partial charge is 0.350 e. The van der Waals surface area contributed by atoms with Crippen LogP contribution >= 0.6 is 0 Å². The number of carbonyl (C=O) groups is 1. The third-order valence-corrected chi connectivity index (χ3v) is 4.76. The summed E-state index contributed by atoms with van der Waals surface area (Å²) in [5, 5.41) is 2.87. The zero-order valence-corrected chi connectivity index (χ0v) is 13.3. The van der Waals surface area contributed by atoms with Crippen molar-refractivity contribution in [3.05, 3.63) is 23.5 Å². The molecule has 1 aromatic heterocycles. The summed E-state index contributed by atoms with van der Waals surface area (Å²) in [6, 6.07) is 2.80. The summed E-state index contributed by atoms with van der Waals surface area (Å²) in [5.74, 6) is 0.181. The predicted molar refractivity (Wildman–Crippen MR) is 86.4 cm³/mol. The van der Waals surface area contributed by atoms with Gasteiger partial charge in [0.15, 0.2) is 0 Å². The summed E-state index contributed by atoms with van der Waals surface area (Å²) in [5.41, 5.74) is 1.66. The Morgan fingerprint density at radius 3 is 2.74 bits per heavy atom. The number of anilines is 1. The molecule has 1 atom stereocenters. The number of imidazole rings is 1. The molecular weight excluding hydrogens is 297 g/mol. The Morgan fingerprint density at radius 1 is 1.26 bits per heavy atom. The van der Waals surface area contributed by atoms with Crippen molar-refractivity contribution in [3.63, 3.8) is 0 Å². The van der Waals surface area contributed by atoms with Gasteiger partial charge in [-0.15, -0.1) is 0 Å². The maximum Gasteiger partial charge on any atom is 0.253 e. The van der Waals surface area contributed by atoms with Gasteiger partial charge in [-0.1, -0.05) is 0 Å². The first-order valence-corrected chi connectivity index (χ1v) is 7.98. The molecule has 0 radical (unpaired) electrons. The Hall–Kier alpha value is -2.15. The minimum atomic E-state index is -0.424. The second-order valence-electron chi connectivity index (χ2n) is 6.45. The van der Waals surface area contributed by atoms with Gasteiger partial charge in [0.2, 0.25) is 5.95 Å². The summed E-state index contributed by atoms with van der Waals surface area (Å²) >= 11 is 0. The lowest BCUT2D eigenvalue weighted by Gasteiger charge is -2.34. The van der Waals surface area contributed by atoms with Crippen LogP contribution < -0.4 is 10.2 Å². The fourth-order valence-corrected chi connectivity index (χ4v) is 3.43. The molecule has 0 spiro atoms. The van der Waals surface area contributed by atoms with Crippen molar-refractivity contribution >= 4 is 22.9 Å². The van der Waals surface area contributed by atoms with Crippen LogP contribution in [0.2, 0.25) is 0 Å². The number of amides is 1. The highest BCUT2D eigenvalue weighted by Gasteiger charge is 2.29. The van der Waals surface area contributed by atoms with E-state index >= 15 is 0 Å². The van der Waals surface area contributed by atoms with E-state index in [4.69, 9.17) is 0 Å². The molecule has 23 heavy (non-hydrogen) atoms. The van der Waals surface area contributed by atoms with Crippen molar-refractivity contribution in [1.29, 1.82) is 0 Å². The molecule has 1 aromatic carbocycles. The van der Waals surface area contributed by atoms with Gasteiger partial charge >= 0.3 is 0 Å². The van der Waals surface area contributed by atoms with Gasteiger partial charge in [0.1, 0.15) is 5.82 Å². The third-order valence-electron chi connectivity index (χ3n) is 4.76. The van der Waals surface area contributed by atoms with Crippen LogP contribution in [0.3, 0.4) is 0 Å². The standard InChI is InChI=1S/C16H20FN5O/c1-10-9-18-15(23)12-7-11(17)8-13-14(12)22(10)16(19-13)21-5-3-20(2)4-6-21/h7-8,10H,3-6,9H2,1-2H3,(H,18,23)/t10-/m1/s1. The molecule has 1 N–H and O–H groups in total. The highest BCUT2D eigenvalue weighted by Crippen LogP contribution is 2.32. The Kier molecular flexibility index (Phi) is 3.26. The van der Waals surface area contributed by atoms with Crippen molar-refractivity contribution < 1.29 is 9.18 Å². The normalized spacial score (nSPS) is 22.3. The monoisotopic (exact) mass is 317 g/mol. The highest BCUT2D eigenvalue weighted by molar-refractivity contribution is 6.06. The number of aromatic nitrogens is 2. The topological polar surface area (TPSA) is 53.4 Å². The van der Waals surface area contributed by atoms with Crippen LogP contribution in [-0.4, -0.2) is 60.1 Å². The van der Waals surface area contributed by atoms with Crippen molar-refractivity contribution in [3.8, 4) is 0 Å². The van der Waals surface area contributed by atoms with Gasteiger partial charge in [-0.05, 0) is 20.0 Å². The number of carbonyl (C=O) groups excluding carboxylic acids is 1. The maximum absolute atomic E-state index is 13.9. The summed E-state index contributed by atoms with van der Waals surface area (Å²) in [4.78, 5) is 21.5. The molecule has 3 heterocycles. The lowest BCUT2D eigenvalue weighted by atomic mass is 10.1. The first-order valence-electron chi connectivity index (χ1n) is 7.98. The minimum Gasteiger partial charge on any atom is -0.350 e. The van der Waals surface area contributed by atoms with Crippen LogP contribution in [0.4, 0.5) is 10.3 Å². The van der Waals surface area contributed by atoms with Crippen LogP contribution in [0.1, 0.15) is 23.3 Å². The molecule has 1 amide bonds. The van der Waals surface area contributed by atoms with E-state index in [1.165, 1.54) is 12.1 Å². The van der Waals surface area contributed by atoms with E-state index in [0.717, 1.165) is 37.6 Å². The van der Waals surface area contributed by atoms with E-state index in [9.17, 15) is 9.18 Å². The van der Waals surface area contributed by atoms with Gasteiger partial charge in [-0.3, -0.25) is 4.79 Å². The van der Waals surface area contributed by atoms with Crippen LogP contribution in [-0.2, 0) is 0 Å². The van der Waals surface area contributed by atoms with Crippen molar-refractivity contribution in [1.82, 2.24) is 19.8 Å². The molecule has 6 nitrogen and oxygen atoms in total. The van der Waals surface area contributed by atoms with Gasteiger partial charge < -0.3 is 19.7 Å². The summed E-state index contributed by atoms with van der Waals surface area (Å²) < 4.78 is 16.0. The van der Waals surface area contributed by atoms with Crippen molar-refractivity contribution in [2.75, 3.05) is 44.7 Å². The third kappa shape index (κ3) is 2.26. The molecule has 1 fully saturated rings. The lowest BCUT2D eigenvalue weighted by molar-refractivity contribution is 0.0953. The smallest absolute Gasteiger partial charge is 0.253 e. The summed E-state index contributed by atoms with van der Waals surface area (Å²) in [6.45, 7) is 6.27. The first kappa shape index (κ1) is 14.4. The average molecular weight is 317 g/mol. The summed E-state index contributed by atoms with van der Waals surface area (Å²) in [7, 11) is 2.10. The molecule has 0 aliphatic carbocycles. The predicted octanol–water partition coefficient (Wildman–Crippen LogP) is 1.23.